The fourth-order valence-electron chi connectivity index (χ4n) is 0.311. The fraction of sp³-hybridized carbons (Fsp3) is 0.500. The van der Waals surface area contributed by atoms with Crippen LogP contribution in [0.2, 0.25) is 0 Å². The van der Waals surface area contributed by atoms with E-state index < -0.39 is 3.79 Å². The van der Waals surface area contributed by atoms with Crippen LogP contribution in [0.3, 0.4) is 0 Å². The van der Waals surface area contributed by atoms with Crippen molar-refractivity contribution in [2.75, 3.05) is 0 Å². The van der Waals surface area contributed by atoms with Gasteiger partial charge >= 0.3 is 0 Å². The van der Waals surface area contributed by atoms with Crippen LogP contribution in [-0.4, -0.2) is 19.7 Å². The van der Waals surface area contributed by atoms with Crippen LogP contribution in [-0.2, 0) is 3.79 Å². The second-order valence-electron chi connectivity index (χ2n) is 1.35. The molecule has 0 atom stereocenters. The lowest BCUT2D eigenvalue weighted by atomic mass is 10.7. The average Bonchev–Trinajstić information content (AvgIpc) is 2.11. The van der Waals surface area contributed by atoms with E-state index in [2.05, 4.69) is 15.4 Å². The summed E-state index contributed by atoms with van der Waals surface area (Å²) < 4.78 is -0.968. The molecule has 0 spiro atoms. The minimum absolute atomic E-state index is 0.0486. The van der Waals surface area contributed by atoms with E-state index in [-0.39, 0.29) is 5.82 Å². The van der Waals surface area contributed by atoms with Crippen LogP contribution in [0.4, 0.5) is 0 Å². The Kier molecular flexibility index (Phi) is 2.24. The van der Waals surface area contributed by atoms with Gasteiger partial charge in [0.05, 0.1) is 11.8 Å². The summed E-state index contributed by atoms with van der Waals surface area (Å²) in [6.45, 7) is 0. The molecule has 0 unspecified atom stereocenters. The molecular formula is C2Cl4N4. The van der Waals surface area contributed by atoms with Crippen LogP contribution >= 0.6 is 46.6 Å². The minimum Gasteiger partial charge on any atom is -0.115 e. The van der Waals surface area contributed by atoms with E-state index in [9.17, 15) is 0 Å². The van der Waals surface area contributed by atoms with Crippen LogP contribution < -0.4 is 0 Å². The van der Waals surface area contributed by atoms with Gasteiger partial charge in [0.1, 0.15) is 0 Å². The van der Waals surface area contributed by atoms with Crippen molar-refractivity contribution in [1.82, 2.24) is 19.7 Å². The molecule has 1 rings (SSSR count). The zero-order valence-electron chi connectivity index (χ0n) is 4.30. The van der Waals surface area contributed by atoms with Gasteiger partial charge in [-0.2, -0.15) is 0 Å². The maximum Gasteiger partial charge on any atom is 0.254 e. The highest BCUT2D eigenvalue weighted by atomic mass is 35.6. The molecule has 10 heavy (non-hydrogen) atoms. The maximum absolute atomic E-state index is 5.37. The summed E-state index contributed by atoms with van der Waals surface area (Å²) >= 11 is 21.3. The molecule has 0 aliphatic rings. The third kappa shape index (κ3) is 1.85. The van der Waals surface area contributed by atoms with Gasteiger partial charge in [0.25, 0.3) is 3.79 Å². The first-order chi connectivity index (χ1) is 4.50. The van der Waals surface area contributed by atoms with Gasteiger partial charge in [-0.3, -0.25) is 0 Å². The van der Waals surface area contributed by atoms with E-state index in [1.807, 2.05) is 0 Å². The standard InChI is InChI=1S/C2Cl4N4/c3-2(4,5)1-7-9-10(6)8-1. The minimum atomic E-state index is -1.66. The largest absolute Gasteiger partial charge is 0.254 e. The van der Waals surface area contributed by atoms with Gasteiger partial charge < -0.3 is 0 Å². The maximum atomic E-state index is 5.37. The summed E-state index contributed by atoms with van der Waals surface area (Å²) in [6.07, 6.45) is 0. The summed E-state index contributed by atoms with van der Waals surface area (Å²) in [6, 6.07) is 0. The molecule has 0 saturated carbocycles. The molecule has 56 valence electrons. The van der Waals surface area contributed by atoms with E-state index in [4.69, 9.17) is 46.6 Å². The van der Waals surface area contributed by atoms with Gasteiger partial charge in [0, 0.05) is 0 Å². The molecule has 0 radical (unpaired) electrons. The number of hydrogen-bond donors (Lipinski definition) is 0. The molecule has 0 aliphatic heterocycles. The van der Waals surface area contributed by atoms with Crippen LogP contribution in [0.1, 0.15) is 5.82 Å². The summed E-state index contributed by atoms with van der Waals surface area (Å²) in [7, 11) is 0. The van der Waals surface area contributed by atoms with Crippen LogP contribution in [0.5, 0.6) is 0 Å². The zero-order chi connectivity index (χ0) is 7.78. The Morgan fingerprint density at radius 2 is 1.90 bits per heavy atom. The van der Waals surface area contributed by atoms with E-state index in [0.29, 0.717) is 4.32 Å². The number of rotatable bonds is 0. The molecule has 0 fully saturated rings. The van der Waals surface area contributed by atoms with Gasteiger partial charge in [-0.25, -0.2) is 0 Å². The Balaban J connectivity index is 2.96. The Morgan fingerprint density at radius 3 is 2.10 bits per heavy atom. The second-order valence-corrected chi connectivity index (χ2v) is 3.94. The van der Waals surface area contributed by atoms with Crippen molar-refractivity contribution in [2.45, 2.75) is 3.79 Å². The summed E-state index contributed by atoms with van der Waals surface area (Å²) in [5.74, 6) is -0.0486. The van der Waals surface area contributed by atoms with Crippen LogP contribution in [0.15, 0.2) is 0 Å². The lowest BCUT2D eigenvalue weighted by molar-refractivity contribution is 0.803. The summed E-state index contributed by atoms with van der Waals surface area (Å²) in [4.78, 5) is 0. The average molecular weight is 222 g/mol. The molecule has 0 amide bonds. The summed E-state index contributed by atoms with van der Waals surface area (Å²) in [5.41, 5.74) is 0. The Bertz CT molecular complexity index is 225. The molecule has 0 bridgehead atoms. The number of aromatic nitrogens is 4. The highest BCUT2D eigenvalue weighted by Gasteiger charge is 2.28. The SMILES string of the molecule is Cln1nnc(C(Cl)(Cl)Cl)n1. The quantitative estimate of drug-likeness (QED) is 0.624. The number of alkyl halides is 3. The molecule has 0 aromatic carbocycles. The highest BCUT2D eigenvalue weighted by molar-refractivity contribution is 6.66. The monoisotopic (exact) mass is 220 g/mol. The predicted molar refractivity (Wildman–Crippen MR) is 38.3 cm³/mol. The number of hydrogen-bond acceptors (Lipinski definition) is 3. The van der Waals surface area contributed by atoms with Crippen molar-refractivity contribution in [3.63, 3.8) is 0 Å². The topological polar surface area (TPSA) is 43.6 Å². The van der Waals surface area contributed by atoms with Crippen LogP contribution in [0.25, 0.3) is 0 Å². The molecular weight excluding hydrogens is 222 g/mol. The van der Waals surface area contributed by atoms with Gasteiger partial charge in [-0.15, -0.1) is 10.2 Å². The first kappa shape index (κ1) is 8.33. The molecule has 8 heteroatoms. The Morgan fingerprint density at radius 1 is 1.30 bits per heavy atom. The first-order valence-electron chi connectivity index (χ1n) is 2.03. The van der Waals surface area contributed by atoms with Crippen molar-refractivity contribution in [2.24, 2.45) is 0 Å². The Labute approximate surface area is 76.1 Å². The van der Waals surface area contributed by atoms with E-state index in [1.165, 1.54) is 0 Å². The molecule has 4 nitrogen and oxygen atoms in total. The molecule has 1 heterocycles. The predicted octanol–water partition coefficient (Wildman–Crippen LogP) is 1.50. The molecule has 0 aliphatic carbocycles. The van der Waals surface area contributed by atoms with Crippen molar-refractivity contribution in [1.29, 1.82) is 0 Å². The van der Waals surface area contributed by atoms with E-state index in [1.54, 1.807) is 0 Å². The Hall–Kier alpha value is 0.230. The van der Waals surface area contributed by atoms with Gasteiger partial charge in [0.15, 0.2) is 0 Å². The fourth-order valence-corrected chi connectivity index (χ4v) is 0.643. The third-order valence-corrected chi connectivity index (χ3v) is 1.29. The lowest BCUT2D eigenvalue weighted by Crippen LogP contribution is -2.03. The van der Waals surface area contributed by atoms with Gasteiger partial charge in [-0.1, -0.05) is 39.1 Å². The number of halogens is 4. The second kappa shape index (κ2) is 2.70. The highest BCUT2D eigenvalue weighted by Crippen LogP contribution is 2.35. The van der Waals surface area contributed by atoms with Crippen molar-refractivity contribution in [3.05, 3.63) is 5.82 Å². The molecule has 0 saturated heterocycles. The third-order valence-electron chi connectivity index (χ3n) is 0.644. The van der Waals surface area contributed by atoms with E-state index in [0.717, 1.165) is 0 Å². The van der Waals surface area contributed by atoms with Crippen LogP contribution in [0, 0.1) is 0 Å². The van der Waals surface area contributed by atoms with Gasteiger partial charge in [-0.05, 0) is 5.21 Å². The van der Waals surface area contributed by atoms with E-state index >= 15 is 0 Å². The van der Waals surface area contributed by atoms with Crippen molar-refractivity contribution in [3.8, 4) is 0 Å². The van der Waals surface area contributed by atoms with Crippen molar-refractivity contribution >= 4 is 46.6 Å². The number of nitrogens with zero attached hydrogens (tertiary/aromatic N) is 4. The molecule has 0 N–H and O–H groups in total. The molecule has 1 aromatic heterocycles. The normalized spacial score (nSPS) is 12.0. The first-order valence-corrected chi connectivity index (χ1v) is 3.51. The van der Waals surface area contributed by atoms with Crippen molar-refractivity contribution < 1.29 is 0 Å². The smallest absolute Gasteiger partial charge is 0.115 e. The lowest BCUT2D eigenvalue weighted by Gasteiger charge is -2.01. The van der Waals surface area contributed by atoms with Gasteiger partial charge in [0.2, 0.25) is 5.82 Å². The zero-order valence-corrected chi connectivity index (χ0v) is 7.32. The number of tetrazole rings is 1. The summed E-state index contributed by atoms with van der Waals surface area (Å²) in [5, 5.41) is 10.1. The molecule has 1 aromatic rings.